The van der Waals surface area contributed by atoms with Crippen molar-refractivity contribution >= 4 is 28.8 Å². The van der Waals surface area contributed by atoms with E-state index >= 15 is 0 Å². The second-order valence-corrected chi connectivity index (χ2v) is 5.85. The molecule has 4 rings (SSSR count). The lowest BCUT2D eigenvalue weighted by atomic mass is 10.2. The summed E-state index contributed by atoms with van der Waals surface area (Å²) in [7, 11) is 1.66. The minimum atomic E-state index is 0.607. The molecule has 0 saturated carbocycles. The van der Waals surface area contributed by atoms with Gasteiger partial charge in [-0.25, -0.2) is 14.5 Å². The molecule has 25 heavy (non-hydrogen) atoms. The van der Waals surface area contributed by atoms with Gasteiger partial charge in [-0.15, -0.1) is 5.10 Å². The molecule has 0 atom stereocenters. The molecule has 3 heterocycles. The Labute approximate surface area is 144 Å². The summed E-state index contributed by atoms with van der Waals surface area (Å²) in [5.74, 6) is 2.04. The first-order chi connectivity index (χ1) is 12.1. The summed E-state index contributed by atoms with van der Waals surface area (Å²) < 4.78 is 6.98. The number of rotatable bonds is 3. The topological polar surface area (TPSA) is 65.2 Å². The average Bonchev–Trinajstić information content (AvgIpc) is 3.02. The van der Waals surface area contributed by atoms with Gasteiger partial charge in [0.15, 0.2) is 5.82 Å². The fraction of sp³-hybridized carbons (Fsp3) is 0.158. The van der Waals surface area contributed by atoms with Crippen LogP contribution in [-0.4, -0.2) is 31.7 Å². The summed E-state index contributed by atoms with van der Waals surface area (Å²) in [6, 6.07) is 11.8. The van der Waals surface area contributed by atoms with Gasteiger partial charge in [0.2, 0.25) is 0 Å². The number of hydrogen-bond donors (Lipinski definition) is 0. The maximum atomic E-state index is 5.24. The van der Waals surface area contributed by atoms with Crippen LogP contribution < -0.4 is 4.74 Å². The molecule has 0 saturated heterocycles. The van der Waals surface area contributed by atoms with E-state index in [9.17, 15) is 0 Å². The van der Waals surface area contributed by atoms with Crippen molar-refractivity contribution in [3.8, 4) is 5.75 Å². The van der Waals surface area contributed by atoms with Gasteiger partial charge in [0.25, 0.3) is 5.78 Å². The van der Waals surface area contributed by atoms with Gasteiger partial charge < -0.3 is 4.74 Å². The fourth-order valence-corrected chi connectivity index (χ4v) is 2.75. The van der Waals surface area contributed by atoms with E-state index in [1.807, 2.05) is 62.4 Å². The van der Waals surface area contributed by atoms with Crippen LogP contribution in [0.15, 0.2) is 36.4 Å². The Morgan fingerprint density at radius 3 is 2.68 bits per heavy atom. The fourth-order valence-electron chi connectivity index (χ4n) is 2.75. The molecule has 0 radical (unpaired) electrons. The van der Waals surface area contributed by atoms with E-state index in [-0.39, 0.29) is 0 Å². The lowest BCUT2D eigenvalue weighted by Crippen LogP contribution is -1.97. The van der Waals surface area contributed by atoms with E-state index in [0.717, 1.165) is 33.7 Å². The van der Waals surface area contributed by atoms with Crippen LogP contribution in [0, 0.1) is 13.8 Å². The number of benzene rings is 1. The summed E-state index contributed by atoms with van der Waals surface area (Å²) in [4.78, 5) is 13.5. The van der Waals surface area contributed by atoms with E-state index in [1.54, 1.807) is 11.6 Å². The summed E-state index contributed by atoms with van der Waals surface area (Å²) in [6.45, 7) is 3.94. The van der Waals surface area contributed by atoms with Gasteiger partial charge in [-0.3, -0.25) is 0 Å². The first-order valence-corrected chi connectivity index (χ1v) is 7.96. The number of aryl methyl sites for hydroxylation is 2. The van der Waals surface area contributed by atoms with Gasteiger partial charge in [-0.2, -0.15) is 4.98 Å². The molecular weight excluding hydrogens is 314 g/mol. The third-order valence-electron chi connectivity index (χ3n) is 3.96. The van der Waals surface area contributed by atoms with Crippen molar-refractivity contribution in [3.63, 3.8) is 0 Å². The normalized spacial score (nSPS) is 11.6. The highest BCUT2D eigenvalue weighted by molar-refractivity contribution is 5.82. The monoisotopic (exact) mass is 331 g/mol. The number of methoxy groups -OCH3 is 1. The average molecular weight is 331 g/mol. The molecule has 0 bridgehead atoms. The Balaban J connectivity index is 1.67. The Bertz CT molecular complexity index is 1110. The van der Waals surface area contributed by atoms with Gasteiger partial charge in [-0.05, 0) is 56.3 Å². The van der Waals surface area contributed by atoms with E-state index in [4.69, 9.17) is 4.74 Å². The Morgan fingerprint density at radius 2 is 1.84 bits per heavy atom. The predicted octanol–water partition coefficient (Wildman–Crippen LogP) is 3.47. The third kappa shape index (κ3) is 2.94. The van der Waals surface area contributed by atoms with E-state index in [1.165, 1.54) is 0 Å². The van der Waals surface area contributed by atoms with Crippen molar-refractivity contribution < 1.29 is 4.74 Å². The third-order valence-corrected chi connectivity index (χ3v) is 3.96. The number of ether oxygens (including phenoxy) is 1. The Morgan fingerprint density at radius 1 is 0.960 bits per heavy atom. The van der Waals surface area contributed by atoms with Crippen LogP contribution in [0.1, 0.15) is 22.9 Å². The highest BCUT2D eigenvalue weighted by Gasteiger charge is 2.05. The maximum Gasteiger partial charge on any atom is 0.253 e. The molecule has 0 fully saturated rings. The SMILES string of the molecule is COc1ccc2nc(/C=C/c3nc4nc(C)cc(C)n4n3)ccc2c1. The van der Waals surface area contributed by atoms with Crippen LogP contribution in [0.4, 0.5) is 0 Å². The van der Waals surface area contributed by atoms with Crippen molar-refractivity contribution in [3.05, 3.63) is 59.3 Å². The quantitative estimate of drug-likeness (QED) is 0.575. The van der Waals surface area contributed by atoms with Gasteiger partial charge in [0.1, 0.15) is 5.75 Å². The first kappa shape index (κ1) is 15.3. The zero-order chi connectivity index (χ0) is 17.4. The molecule has 0 aliphatic carbocycles. The van der Waals surface area contributed by atoms with Gasteiger partial charge in [-0.1, -0.05) is 6.07 Å². The zero-order valence-electron chi connectivity index (χ0n) is 14.3. The molecule has 0 spiro atoms. The zero-order valence-corrected chi connectivity index (χ0v) is 14.3. The number of hydrogen-bond acceptors (Lipinski definition) is 5. The van der Waals surface area contributed by atoms with E-state index < -0.39 is 0 Å². The highest BCUT2D eigenvalue weighted by atomic mass is 16.5. The van der Waals surface area contributed by atoms with Gasteiger partial charge in [0.05, 0.1) is 18.3 Å². The summed E-state index contributed by atoms with van der Waals surface area (Å²) >= 11 is 0. The molecule has 0 unspecified atom stereocenters. The van der Waals surface area contributed by atoms with Crippen LogP contribution in [0.25, 0.3) is 28.8 Å². The standard InChI is InChI=1S/C19H17N5O/c1-12-10-13(2)24-19(20-12)22-18(23-24)9-6-15-5-4-14-11-16(25-3)7-8-17(14)21-15/h4-11H,1-3H3/b9-6+. The number of fused-ring (bicyclic) bond motifs is 2. The molecule has 4 aromatic rings. The Kier molecular flexibility index (Phi) is 3.65. The molecule has 6 heteroatoms. The maximum absolute atomic E-state index is 5.24. The van der Waals surface area contributed by atoms with Crippen molar-refractivity contribution in [1.29, 1.82) is 0 Å². The Hall–Kier alpha value is -3.28. The van der Waals surface area contributed by atoms with Crippen LogP contribution >= 0.6 is 0 Å². The summed E-state index contributed by atoms with van der Waals surface area (Å²) in [6.07, 6.45) is 3.75. The van der Waals surface area contributed by atoms with Crippen LogP contribution in [0.3, 0.4) is 0 Å². The molecule has 0 N–H and O–H groups in total. The largest absolute Gasteiger partial charge is 0.497 e. The molecule has 3 aromatic heterocycles. The van der Waals surface area contributed by atoms with Crippen molar-refractivity contribution in [2.24, 2.45) is 0 Å². The van der Waals surface area contributed by atoms with E-state index in [2.05, 4.69) is 20.1 Å². The minimum absolute atomic E-state index is 0.607. The van der Waals surface area contributed by atoms with Gasteiger partial charge in [0, 0.05) is 16.8 Å². The highest BCUT2D eigenvalue weighted by Crippen LogP contribution is 2.20. The van der Waals surface area contributed by atoms with Crippen molar-refractivity contribution in [2.75, 3.05) is 7.11 Å². The first-order valence-electron chi connectivity index (χ1n) is 7.96. The molecular formula is C19H17N5O. The van der Waals surface area contributed by atoms with Crippen molar-refractivity contribution in [1.82, 2.24) is 24.6 Å². The number of nitrogens with zero attached hydrogens (tertiary/aromatic N) is 5. The minimum Gasteiger partial charge on any atom is -0.497 e. The van der Waals surface area contributed by atoms with Crippen molar-refractivity contribution in [2.45, 2.75) is 13.8 Å². The molecule has 1 aromatic carbocycles. The van der Waals surface area contributed by atoms with Crippen LogP contribution in [-0.2, 0) is 0 Å². The lowest BCUT2D eigenvalue weighted by Gasteiger charge is -2.02. The second kappa shape index (κ2) is 5.98. The van der Waals surface area contributed by atoms with Crippen LogP contribution in [0.5, 0.6) is 5.75 Å². The molecule has 124 valence electrons. The summed E-state index contributed by atoms with van der Waals surface area (Å²) in [5, 5.41) is 5.50. The summed E-state index contributed by atoms with van der Waals surface area (Å²) in [5.41, 5.74) is 3.70. The molecule has 6 nitrogen and oxygen atoms in total. The van der Waals surface area contributed by atoms with Crippen LogP contribution in [0.2, 0.25) is 0 Å². The smallest absolute Gasteiger partial charge is 0.253 e. The second-order valence-electron chi connectivity index (χ2n) is 5.85. The molecule has 0 aliphatic rings. The number of aromatic nitrogens is 5. The van der Waals surface area contributed by atoms with E-state index in [0.29, 0.717) is 11.6 Å². The van der Waals surface area contributed by atoms with Gasteiger partial charge >= 0.3 is 0 Å². The number of pyridine rings is 1. The molecule has 0 amide bonds. The molecule has 0 aliphatic heterocycles. The predicted molar refractivity (Wildman–Crippen MR) is 97.5 cm³/mol. The lowest BCUT2D eigenvalue weighted by molar-refractivity contribution is 0.415.